The number of nitrogen functional groups attached to an aromatic ring is 1. The molecule has 1 atom stereocenters. The lowest BCUT2D eigenvalue weighted by atomic mass is 10.0. The molecule has 0 bridgehead atoms. The number of nitrogens with zero attached hydrogens (tertiary/aromatic N) is 1. The number of carbonyl (C=O) groups is 2. The molecule has 132 valence electrons. The van der Waals surface area contributed by atoms with Crippen LogP contribution < -0.4 is 11.1 Å². The molecule has 0 spiro atoms. The minimum Gasteiger partial charge on any atom is -0.399 e. The molecule has 2 aromatic rings. The Morgan fingerprint density at radius 3 is 2.28 bits per heavy atom. The van der Waals surface area contributed by atoms with Crippen LogP contribution in [0.4, 0.5) is 5.69 Å². The number of rotatable bonds is 5. The zero-order valence-electron chi connectivity index (χ0n) is 15.1. The van der Waals surface area contributed by atoms with Crippen molar-refractivity contribution in [1.82, 2.24) is 10.2 Å². The Labute approximate surface area is 148 Å². The van der Waals surface area contributed by atoms with Crippen LogP contribution in [0, 0.1) is 6.92 Å². The lowest BCUT2D eigenvalue weighted by Crippen LogP contribution is -2.43. The predicted molar refractivity (Wildman–Crippen MR) is 100 cm³/mol. The molecular weight excluding hydrogens is 314 g/mol. The first-order valence-electron chi connectivity index (χ1n) is 8.30. The van der Waals surface area contributed by atoms with E-state index in [9.17, 15) is 9.59 Å². The van der Waals surface area contributed by atoms with Gasteiger partial charge in [-0.2, -0.15) is 0 Å². The van der Waals surface area contributed by atoms with Gasteiger partial charge >= 0.3 is 0 Å². The molecule has 0 aromatic heterocycles. The van der Waals surface area contributed by atoms with Crippen molar-refractivity contribution in [2.75, 3.05) is 12.8 Å². The first kappa shape index (κ1) is 18.5. The Morgan fingerprint density at radius 2 is 1.72 bits per heavy atom. The van der Waals surface area contributed by atoms with Gasteiger partial charge in [0.2, 0.25) is 5.91 Å². The molecule has 2 rings (SSSR count). The van der Waals surface area contributed by atoms with Crippen LogP contribution in [0.3, 0.4) is 0 Å². The maximum atomic E-state index is 12.9. The van der Waals surface area contributed by atoms with Crippen LogP contribution >= 0.6 is 0 Å². The van der Waals surface area contributed by atoms with Crippen molar-refractivity contribution in [2.45, 2.75) is 32.9 Å². The molecule has 0 aliphatic carbocycles. The van der Waals surface area contributed by atoms with Crippen molar-refractivity contribution in [1.29, 1.82) is 0 Å². The number of benzene rings is 2. The quantitative estimate of drug-likeness (QED) is 0.823. The summed E-state index contributed by atoms with van der Waals surface area (Å²) in [5.74, 6) is -0.454. The number of aryl methyl sites for hydroxylation is 1. The molecule has 0 aliphatic heterocycles. The molecule has 25 heavy (non-hydrogen) atoms. The van der Waals surface area contributed by atoms with E-state index < -0.39 is 6.04 Å². The number of carbonyl (C=O) groups excluding carboxylic acids is 2. The fourth-order valence-electron chi connectivity index (χ4n) is 2.42. The molecule has 3 N–H and O–H groups in total. The van der Waals surface area contributed by atoms with Crippen molar-refractivity contribution in [3.8, 4) is 0 Å². The van der Waals surface area contributed by atoms with E-state index in [2.05, 4.69) is 5.32 Å². The van der Waals surface area contributed by atoms with Crippen molar-refractivity contribution >= 4 is 17.5 Å². The third-order valence-corrected chi connectivity index (χ3v) is 4.31. The molecule has 2 amide bonds. The largest absolute Gasteiger partial charge is 0.399 e. The van der Waals surface area contributed by atoms with Gasteiger partial charge < -0.3 is 16.0 Å². The van der Waals surface area contributed by atoms with Crippen molar-refractivity contribution < 1.29 is 9.59 Å². The van der Waals surface area contributed by atoms with E-state index in [-0.39, 0.29) is 17.9 Å². The highest BCUT2D eigenvalue weighted by Gasteiger charge is 2.27. The summed E-state index contributed by atoms with van der Waals surface area (Å²) in [7, 11) is 1.74. The maximum absolute atomic E-state index is 12.9. The van der Waals surface area contributed by atoms with E-state index in [1.165, 1.54) is 0 Å². The molecule has 0 heterocycles. The summed E-state index contributed by atoms with van der Waals surface area (Å²) in [5.41, 5.74) is 8.50. The second-order valence-corrected chi connectivity index (χ2v) is 6.43. The summed E-state index contributed by atoms with van der Waals surface area (Å²) < 4.78 is 0. The standard InChI is InChI=1S/C20H25N3O2/c1-13(2)23(4)20(25)18(15-8-6-5-7-9-15)22-19(24)16-10-11-17(21)14(3)12-16/h5-13,18H,21H2,1-4H3,(H,22,24). The van der Waals surface area contributed by atoms with Gasteiger partial charge in [-0.05, 0) is 50.1 Å². The van der Waals surface area contributed by atoms with E-state index in [1.54, 1.807) is 30.1 Å². The van der Waals surface area contributed by atoms with Crippen LogP contribution in [-0.4, -0.2) is 29.8 Å². The lowest BCUT2D eigenvalue weighted by Gasteiger charge is -2.27. The Kier molecular flexibility index (Phi) is 5.80. The van der Waals surface area contributed by atoms with Crippen LogP contribution in [0.1, 0.15) is 41.4 Å². The molecule has 1 unspecified atom stereocenters. The minimum absolute atomic E-state index is 0.0365. The monoisotopic (exact) mass is 339 g/mol. The molecule has 2 aromatic carbocycles. The number of nitrogens with one attached hydrogen (secondary N) is 1. The van der Waals surface area contributed by atoms with Crippen LogP contribution in [0.25, 0.3) is 0 Å². The van der Waals surface area contributed by atoms with E-state index in [0.717, 1.165) is 11.1 Å². The average molecular weight is 339 g/mol. The van der Waals surface area contributed by atoms with Crippen LogP contribution in [0.2, 0.25) is 0 Å². The van der Waals surface area contributed by atoms with Gasteiger partial charge in [-0.1, -0.05) is 30.3 Å². The van der Waals surface area contributed by atoms with Crippen molar-refractivity contribution in [3.05, 3.63) is 65.2 Å². The summed E-state index contributed by atoms with van der Waals surface area (Å²) in [4.78, 5) is 27.2. The summed E-state index contributed by atoms with van der Waals surface area (Å²) in [6, 6.07) is 13.6. The summed E-state index contributed by atoms with van der Waals surface area (Å²) in [6.07, 6.45) is 0. The van der Waals surface area contributed by atoms with Gasteiger partial charge in [-0.15, -0.1) is 0 Å². The highest BCUT2D eigenvalue weighted by Crippen LogP contribution is 2.19. The number of hydrogen-bond acceptors (Lipinski definition) is 3. The normalized spacial score (nSPS) is 11.9. The SMILES string of the molecule is Cc1cc(C(=O)NC(C(=O)N(C)C(C)C)c2ccccc2)ccc1N. The third-order valence-electron chi connectivity index (χ3n) is 4.31. The summed E-state index contributed by atoms with van der Waals surface area (Å²) in [6.45, 7) is 5.72. The van der Waals surface area contributed by atoms with Gasteiger partial charge in [0.25, 0.3) is 5.91 Å². The number of nitrogens with two attached hydrogens (primary N) is 1. The smallest absolute Gasteiger partial charge is 0.252 e. The van der Waals surface area contributed by atoms with E-state index >= 15 is 0 Å². The fraction of sp³-hybridized carbons (Fsp3) is 0.300. The molecule has 0 saturated heterocycles. The lowest BCUT2D eigenvalue weighted by molar-refractivity contribution is -0.133. The van der Waals surface area contributed by atoms with Crippen LogP contribution in [0.15, 0.2) is 48.5 Å². The third kappa shape index (κ3) is 4.38. The van der Waals surface area contributed by atoms with Gasteiger partial charge in [-0.25, -0.2) is 0 Å². The Bertz CT molecular complexity index is 757. The van der Waals surface area contributed by atoms with Gasteiger partial charge in [0.15, 0.2) is 0 Å². The van der Waals surface area contributed by atoms with Crippen molar-refractivity contribution in [3.63, 3.8) is 0 Å². The number of likely N-dealkylation sites (N-methyl/N-ethyl adjacent to an activating group) is 1. The number of amides is 2. The van der Waals surface area contributed by atoms with E-state index in [4.69, 9.17) is 5.73 Å². The van der Waals surface area contributed by atoms with Crippen molar-refractivity contribution in [2.24, 2.45) is 0 Å². The molecule has 0 radical (unpaired) electrons. The fourth-order valence-corrected chi connectivity index (χ4v) is 2.42. The van der Waals surface area contributed by atoms with Crippen LogP contribution in [0.5, 0.6) is 0 Å². The molecule has 0 fully saturated rings. The number of hydrogen-bond donors (Lipinski definition) is 2. The minimum atomic E-state index is -0.737. The van der Waals surface area contributed by atoms with Gasteiger partial charge in [0, 0.05) is 24.3 Å². The first-order valence-corrected chi connectivity index (χ1v) is 8.30. The average Bonchev–Trinajstić information content (AvgIpc) is 2.61. The molecule has 0 aliphatic rings. The Morgan fingerprint density at radius 1 is 1.08 bits per heavy atom. The zero-order chi connectivity index (χ0) is 18.6. The Hall–Kier alpha value is -2.82. The topological polar surface area (TPSA) is 75.4 Å². The summed E-state index contributed by atoms with van der Waals surface area (Å²) >= 11 is 0. The maximum Gasteiger partial charge on any atom is 0.252 e. The van der Waals surface area contributed by atoms with E-state index in [0.29, 0.717) is 11.3 Å². The second-order valence-electron chi connectivity index (χ2n) is 6.43. The van der Waals surface area contributed by atoms with Gasteiger partial charge in [0.1, 0.15) is 6.04 Å². The number of anilines is 1. The van der Waals surface area contributed by atoms with Crippen LogP contribution in [-0.2, 0) is 4.79 Å². The first-order chi connectivity index (χ1) is 11.8. The zero-order valence-corrected chi connectivity index (χ0v) is 15.1. The predicted octanol–water partition coefficient (Wildman–Crippen LogP) is 2.92. The van der Waals surface area contributed by atoms with Gasteiger partial charge in [-0.3, -0.25) is 9.59 Å². The Balaban J connectivity index is 2.31. The molecule has 5 heteroatoms. The van der Waals surface area contributed by atoms with Gasteiger partial charge in [0.05, 0.1) is 0 Å². The highest BCUT2D eigenvalue weighted by atomic mass is 16.2. The molecule has 5 nitrogen and oxygen atoms in total. The summed E-state index contributed by atoms with van der Waals surface area (Å²) in [5, 5.41) is 2.86. The molecular formula is C20H25N3O2. The highest BCUT2D eigenvalue weighted by molar-refractivity contribution is 5.98. The molecule has 0 saturated carbocycles. The van der Waals surface area contributed by atoms with E-state index in [1.807, 2.05) is 51.1 Å². The second kappa shape index (κ2) is 7.83.